The summed E-state index contributed by atoms with van der Waals surface area (Å²) in [6, 6.07) is 3.13. The monoisotopic (exact) mass is 212 g/mol. The highest BCUT2D eigenvalue weighted by Crippen LogP contribution is 2.27. The van der Waals surface area contributed by atoms with E-state index in [1.54, 1.807) is 6.92 Å². The first kappa shape index (κ1) is 11.4. The molecule has 0 unspecified atom stereocenters. The van der Waals surface area contributed by atoms with Crippen molar-refractivity contribution in [1.29, 1.82) is 5.26 Å². The van der Waals surface area contributed by atoms with E-state index >= 15 is 0 Å². The third-order valence-corrected chi connectivity index (χ3v) is 1.92. The van der Waals surface area contributed by atoms with E-state index in [1.165, 1.54) is 13.2 Å². The smallest absolute Gasteiger partial charge is 0.280 e. The highest BCUT2D eigenvalue weighted by Gasteiger charge is 2.15. The molecule has 0 aliphatic heterocycles. The van der Waals surface area contributed by atoms with Gasteiger partial charge in [-0.25, -0.2) is 13.8 Å². The van der Waals surface area contributed by atoms with E-state index in [0.717, 1.165) is 0 Å². The molecule has 0 aliphatic rings. The van der Waals surface area contributed by atoms with Gasteiger partial charge in [0.1, 0.15) is 11.4 Å². The summed E-state index contributed by atoms with van der Waals surface area (Å²) >= 11 is 0. The lowest BCUT2D eigenvalue weighted by Gasteiger charge is -2.10. The van der Waals surface area contributed by atoms with Crippen molar-refractivity contribution in [1.82, 2.24) is 4.98 Å². The Bertz CT molecular complexity index is 399. The van der Waals surface area contributed by atoms with Crippen molar-refractivity contribution in [3.63, 3.8) is 0 Å². The van der Waals surface area contributed by atoms with Gasteiger partial charge >= 0.3 is 0 Å². The molecule has 0 radical (unpaired) electrons. The fourth-order valence-electron chi connectivity index (χ4n) is 1.34. The molecular weight excluding hydrogens is 202 g/mol. The van der Waals surface area contributed by atoms with Crippen LogP contribution in [0.3, 0.4) is 0 Å². The molecule has 0 aromatic carbocycles. The molecule has 15 heavy (non-hydrogen) atoms. The fraction of sp³-hybridized carbons (Fsp3) is 0.400. The Morgan fingerprint density at radius 2 is 2.27 bits per heavy atom. The van der Waals surface area contributed by atoms with Gasteiger partial charge in [-0.15, -0.1) is 0 Å². The maximum absolute atomic E-state index is 12.4. The second-order valence-electron chi connectivity index (χ2n) is 2.98. The van der Waals surface area contributed by atoms with Crippen molar-refractivity contribution in [2.24, 2.45) is 0 Å². The molecule has 0 amide bonds. The highest BCUT2D eigenvalue weighted by atomic mass is 19.3. The van der Waals surface area contributed by atoms with E-state index in [4.69, 9.17) is 10.00 Å². The summed E-state index contributed by atoms with van der Waals surface area (Å²) in [5, 5.41) is 8.53. The van der Waals surface area contributed by atoms with Crippen LogP contribution in [0.25, 0.3) is 0 Å². The largest absolute Gasteiger partial charge is 0.495 e. The molecule has 0 bridgehead atoms. The van der Waals surface area contributed by atoms with Gasteiger partial charge in [-0.2, -0.15) is 5.26 Å². The van der Waals surface area contributed by atoms with E-state index in [1.807, 2.05) is 6.07 Å². The average Bonchev–Trinajstić information content (AvgIpc) is 2.17. The van der Waals surface area contributed by atoms with Crippen LogP contribution in [0.5, 0.6) is 5.75 Å². The number of methoxy groups -OCH3 is 1. The number of nitrogens with zero attached hydrogens (tertiary/aromatic N) is 2. The van der Waals surface area contributed by atoms with Crippen molar-refractivity contribution in [3.8, 4) is 11.8 Å². The number of ether oxygens (including phenoxy) is 1. The van der Waals surface area contributed by atoms with Gasteiger partial charge in [0.05, 0.1) is 25.3 Å². The van der Waals surface area contributed by atoms with Crippen LogP contribution in [0.15, 0.2) is 6.07 Å². The molecule has 0 N–H and O–H groups in total. The standard InChI is InChI=1S/C10H10F2N2O/c1-6-5-8(10(11)12)14-7(3-4-13)9(6)15-2/h5,10H,3H2,1-2H3. The zero-order valence-corrected chi connectivity index (χ0v) is 8.42. The lowest BCUT2D eigenvalue weighted by atomic mass is 10.1. The zero-order chi connectivity index (χ0) is 11.4. The van der Waals surface area contributed by atoms with Crippen molar-refractivity contribution in [2.75, 3.05) is 7.11 Å². The number of nitriles is 1. The molecule has 0 saturated heterocycles. The van der Waals surface area contributed by atoms with Crippen LogP contribution in [0.2, 0.25) is 0 Å². The summed E-state index contributed by atoms with van der Waals surface area (Å²) in [5.74, 6) is 0.404. The maximum atomic E-state index is 12.4. The van der Waals surface area contributed by atoms with E-state index in [9.17, 15) is 8.78 Å². The van der Waals surface area contributed by atoms with Crippen LogP contribution in [0.1, 0.15) is 23.4 Å². The summed E-state index contributed by atoms with van der Waals surface area (Å²) in [4.78, 5) is 3.70. The van der Waals surface area contributed by atoms with Crippen LogP contribution >= 0.6 is 0 Å². The Morgan fingerprint density at radius 1 is 1.60 bits per heavy atom. The number of rotatable bonds is 3. The molecule has 1 heterocycles. The molecular formula is C10H10F2N2O. The number of aromatic nitrogens is 1. The normalized spacial score (nSPS) is 10.1. The molecule has 0 aliphatic carbocycles. The number of hydrogen-bond acceptors (Lipinski definition) is 3. The van der Waals surface area contributed by atoms with Crippen LogP contribution in [-0.4, -0.2) is 12.1 Å². The summed E-state index contributed by atoms with van der Waals surface area (Å²) in [6.07, 6.45) is -2.67. The summed E-state index contributed by atoms with van der Waals surface area (Å²) in [6.45, 7) is 1.65. The maximum Gasteiger partial charge on any atom is 0.280 e. The number of alkyl halides is 2. The molecule has 1 rings (SSSR count). The lowest BCUT2D eigenvalue weighted by Crippen LogP contribution is -2.02. The first-order chi connectivity index (χ1) is 7.10. The van der Waals surface area contributed by atoms with Gasteiger partial charge in [-0.3, -0.25) is 0 Å². The number of aryl methyl sites for hydroxylation is 1. The van der Waals surface area contributed by atoms with Crippen molar-refractivity contribution >= 4 is 0 Å². The van der Waals surface area contributed by atoms with Crippen LogP contribution in [0, 0.1) is 18.3 Å². The molecule has 0 atom stereocenters. The van der Waals surface area contributed by atoms with Gasteiger partial charge in [0.25, 0.3) is 6.43 Å². The minimum atomic E-state index is -2.63. The minimum absolute atomic E-state index is 0.0371. The molecule has 1 aromatic rings. The third-order valence-electron chi connectivity index (χ3n) is 1.92. The second kappa shape index (κ2) is 4.69. The van der Waals surface area contributed by atoms with Gasteiger partial charge in [0, 0.05) is 0 Å². The predicted octanol–water partition coefficient (Wildman–Crippen LogP) is 2.40. The first-order valence-corrected chi connectivity index (χ1v) is 4.29. The van der Waals surface area contributed by atoms with Gasteiger partial charge in [0.2, 0.25) is 0 Å². The number of hydrogen-bond donors (Lipinski definition) is 0. The van der Waals surface area contributed by atoms with Gasteiger partial charge in [-0.05, 0) is 18.6 Å². The van der Waals surface area contributed by atoms with Crippen LogP contribution in [-0.2, 0) is 6.42 Å². The average molecular weight is 212 g/mol. The van der Waals surface area contributed by atoms with Crippen molar-refractivity contribution < 1.29 is 13.5 Å². The quantitative estimate of drug-likeness (QED) is 0.772. The fourth-order valence-corrected chi connectivity index (χ4v) is 1.34. The molecule has 0 spiro atoms. The molecule has 80 valence electrons. The topological polar surface area (TPSA) is 45.9 Å². The highest BCUT2D eigenvalue weighted by molar-refractivity contribution is 5.39. The van der Waals surface area contributed by atoms with Crippen LogP contribution < -0.4 is 4.74 Å². The molecule has 1 aromatic heterocycles. The lowest BCUT2D eigenvalue weighted by molar-refractivity contribution is 0.145. The van der Waals surface area contributed by atoms with Gasteiger partial charge in [0.15, 0.2) is 0 Å². The third kappa shape index (κ3) is 2.40. The predicted molar refractivity (Wildman–Crippen MR) is 49.8 cm³/mol. The van der Waals surface area contributed by atoms with Gasteiger partial charge in [-0.1, -0.05) is 0 Å². The molecule has 0 saturated carbocycles. The summed E-state index contributed by atoms with van der Waals surface area (Å²) in [5.41, 5.74) is 0.502. The van der Waals surface area contributed by atoms with E-state index < -0.39 is 6.43 Å². The Labute approximate surface area is 86.3 Å². The van der Waals surface area contributed by atoms with E-state index in [2.05, 4.69) is 4.98 Å². The van der Waals surface area contributed by atoms with Crippen molar-refractivity contribution in [2.45, 2.75) is 19.8 Å². The molecule has 3 nitrogen and oxygen atoms in total. The molecule has 0 fully saturated rings. The summed E-state index contributed by atoms with van der Waals surface area (Å²) in [7, 11) is 1.42. The van der Waals surface area contributed by atoms with Crippen molar-refractivity contribution in [3.05, 3.63) is 23.0 Å². The van der Waals surface area contributed by atoms with Gasteiger partial charge < -0.3 is 4.74 Å². The number of halogens is 2. The van der Waals surface area contributed by atoms with E-state index in [0.29, 0.717) is 11.3 Å². The van der Waals surface area contributed by atoms with E-state index in [-0.39, 0.29) is 17.8 Å². The first-order valence-electron chi connectivity index (χ1n) is 4.29. The minimum Gasteiger partial charge on any atom is -0.495 e. The Balaban J connectivity index is 3.26. The Morgan fingerprint density at radius 3 is 2.73 bits per heavy atom. The Hall–Kier alpha value is -1.70. The number of pyridine rings is 1. The SMILES string of the molecule is COc1c(C)cc(C(F)F)nc1CC#N. The summed E-state index contributed by atoms with van der Waals surface area (Å²) < 4.78 is 29.8. The Kier molecular flexibility index (Phi) is 3.56. The van der Waals surface area contributed by atoms with Crippen LogP contribution in [0.4, 0.5) is 8.78 Å². The molecule has 5 heteroatoms. The second-order valence-corrected chi connectivity index (χ2v) is 2.98. The zero-order valence-electron chi connectivity index (χ0n) is 8.42.